The maximum absolute atomic E-state index is 12.2. The Kier molecular flexibility index (Phi) is 10.9. The summed E-state index contributed by atoms with van der Waals surface area (Å²) in [6, 6.07) is 13.8. The summed E-state index contributed by atoms with van der Waals surface area (Å²) in [5.41, 5.74) is 2.11. The average molecular weight is 959 g/mol. The molecule has 0 atom stereocenters. The molecule has 0 bridgehead atoms. The lowest BCUT2D eigenvalue weighted by Gasteiger charge is -2.19. The Bertz CT molecular complexity index is 1990. The van der Waals surface area contributed by atoms with Crippen molar-refractivity contribution in [3.8, 4) is 23.0 Å². The highest BCUT2D eigenvalue weighted by atomic mass is 79.9. The van der Waals surface area contributed by atoms with E-state index in [1.807, 2.05) is 0 Å². The molecule has 240 valence electrons. The fourth-order valence-corrected chi connectivity index (χ4v) is 6.68. The van der Waals surface area contributed by atoms with Crippen LogP contribution in [0.4, 0.5) is 11.6 Å². The first kappa shape index (κ1) is 34.8. The van der Waals surface area contributed by atoms with Crippen LogP contribution in [0.15, 0.2) is 82.7 Å². The second-order valence-electron chi connectivity index (χ2n) is 9.67. The molecule has 2 aliphatic heterocycles. The van der Waals surface area contributed by atoms with E-state index < -0.39 is 11.9 Å². The van der Waals surface area contributed by atoms with Crippen molar-refractivity contribution in [3.05, 3.63) is 99.4 Å². The number of halogens is 5. The number of benzene rings is 2. The van der Waals surface area contributed by atoms with E-state index in [1.54, 1.807) is 67.6 Å². The number of nitrogens with zero attached hydrogens (tertiary/aromatic N) is 2. The molecular weight excluding hydrogens is 940 g/mol. The predicted molar refractivity (Wildman–Crippen MR) is 192 cm³/mol. The number of hydrogen-bond donors (Lipinski definition) is 3. The molecule has 4 aromatic rings. The van der Waals surface area contributed by atoms with Crippen LogP contribution in [-0.4, -0.2) is 32.9 Å². The largest absolute Gasteiger partial charge is 0.506 e. The minimum Gasteiger partial charge on any atom is -0.506 e. The van der Waals surface area contributed by atoms with E-state index in [9.17, 15) is 19.5 Å². The standard InChI is InChI=1S/C16H9Br3N2O4.C15H10Br2N2O3/c1-7(22)24-14-9(17)4-8(5-10(14)18)6-12-16(23)21-15-11(25-12)2-3-13(19)20-15;1-7-4-8(5-9(16)13(7)20)6-11-15(21)19-14-10(22-11)2-3-12(17)18-14/h2-6H,1H3,(H,20,21,23);2-6,20H,1H3,(H,18,19,21)/b12-6-;11-6-. The van der Waals surface area contributed by atoms with E-state index in [1.165, 1.54) is 6.92 Å². The van der Waals surface area contributed by atoms with Crippen LogP contribution in [0, 0.1) is 6.92 Å². The number of pyridine rings is 2. The number of fused-ring (bicyclic) bond motifs is 2. The third kappa shape index (κ3) is 8.48. The Labute approximate surface area is 309 Å². The highest BCUT2D eigenvalue weighted by Crippen LogP contribution is 2.37. The van der Waals surface area contributed by atoms with Gasteiger partial charge in [0, 0.05) is 6.92 Å². The van der Waals surface area contributed by atoms with Gasteiger partial charge < -0.3 is 30.0 Å². The predicted octanol–water partition coefficient (Wildman–Crippen LogP) is 8.66. The smallest absolute Gasteiger partial charge is 0.308 e. The Balaban J connectivity index is 0.000000186. The number of aryl methyl sites for hydroxylation is 1. The third-order valence-electron chi connectivity index (χ3n) is 6.14. The fraction of sp³-hybridized carbons (Fsp3) is 0.0645. The zero-order valence-electron chi connectivity index (χ0n) is 24.0. The fourth-order valence-electron chi connectivity index (χ4n) is 4.10. The highest BCUT2D eigenvalue weighted by Gasteiger charge is 2.25. The molecule has 4 heterocycles. The van der Waals surface area contributed by atoms with Gasteiger partial charge in [0.2, 0.25) is 0 Å². The first-order chi connectivity index (χ1) is 22.3. The number of aromatic hydroxyl groups is 1. The van der Waals surface area contributed by atoms with Gasteiger partial charge in [-0.2, -0.15) is 0 Å². The van der Waals surface area contributed by atoms with E-state index in [2.05, 4.69) is 100 Å². The number of rotatable bonds is 3. The van der Waals surface area contributed by atoms with Gasteiger partial charge in [-0.05, 0) is 164 Å². The van der Waals surface area contributed by atoms with Gasteiger partial charge in [0.25, 0.3) is 11.8 Å². The van der Waals surface area contributed by atoms with Crippen molar-refractivity contribution in [2.75, 3.05) is 10.6 Å². The minimum absolute atomic E-state index is 0.121. The van der Waals surface area contributed by atoms with Crippen molar-refractivity contribution in [1.29, 1.82) is 0 Å². The van der Waals surface area contributed by atoms with Gasteiger partial charge in [-0.25, -0.2) is 9.97 Å². The Morgan fingerprint density at radius 3 is 1.66 bits per heavy atom. The third-order valence-corrected chi connectivity index (χ3v) is 8.80. The number of carbonyl (C=O) groups is 3. The molecule has 2 amide bonds. The molecule has 0 fully saturated rings. The molecule has 0 unspecified atom stereocenters. The number of phenolic OH excluding ortho intramolecular Hbond substituents is 1. The maximum Gasteiger partial charge on any atom is 0.308 e. The monoisotopic (exact) mass is 954 g/mol. The number of amides is 2. The molecule has 6 rings (SSSR count). The summed E-state index contributed by atoms with van der Waals surface area (Å²) in [6.45, 7) is 3.10. The van der Waals surface area contributed by atoms with E-state index in [0.717, 1.165) is 5.56 Å². The van der Waals surface area contributed by atoms with Crippen LogP contribution in [0.3, 0.4) is 0 Å². The van der Waals surface area contributed by atoms with Crippen molar-refractivity contribution >= 4 is 121 Å². The van der Waals surface area contributed by atoms with Crippen molar-refractivity contribution < 1.29 is 33.7 Å². The lowest BCUT2D eigenvalue weighted by Crippen LogP contribution is -2.24. The summed E-state index contributed by atoms with van der Waals surface area (Å²) in [5, 5.41) is 15.1. The van der Waals surface area contributed by atoms with Crippen LogP contribution >= 0.6 is 79.6 Å². The molecule has 16 heteroatoms. The summed E-state index contributed by atoms with van der Waals surface area (Å²) in [4.78, 5) is 43.7. The number of hydrogen-bond acceptors (Lipinski definition) is 9. The Hall–Kier alpha value is -3.57. The number of phenols is 1. The number of ether oxygens (including phenoxy) is 3. The van der Waals surface area contributed by atoms with Crippen LogP contribution in [0.1, 0.15) is 23.6 Å². The molecule has 0 radical (unpaired) electrons. The first-order valence-corrected chi connectivity index (χ1v) is 17.2. The summed E-state index contributed by atoms with van der Waals surface area (Å²) >= 11 is 16.4. The number of carbonyl (C=O) groups excluding carboxylic acids is 3. The van der Waals surface area contributed by atoms with Gasteiger partial charge in [-0.3, -0.25) is 14.4 Å². The number of aromatic nitrogens is 2. The number of anilines is 2. The summed E-state index contributed by atoms with van der Waals surface area (Å²) < 4.78 is 19.2. The SMILES string of the molecule is CC(=O)Oc1c(Br)cc(/C=C2\Oc3ccc(Br)nc3NC2=O)cc1Br.Cc1cc(/C=C2\Oc3ccc(Br)nc3NC2=O)cc(Br)c1O. The van der Waals surface area contributed by atoms with Crippen molar-refractivity contribution in [1.82, 2.24) is 9.97 Å². The molecular formula is C31H19Br5N4O7. The lowest BCUT2D eigenvalue weighted by atomic mass is 10.1. The van der Waals surface area contributed by atoms with Gasteiger partial charge in [-0.1, -0.05) is 0 Å². The molecule has 0 aliphatic carbocycles. The van der Waals surface area contributed by atoms with Crippen molar-refractivity contribution in [3.63, 3.8) is 0 Å². The van der Waals surface area contributed by atoms with Crippen molar-refractivity contribution in [2.45, 2.75) is 13.8 Å². The van der Waals surface area contributed by atoms with Gasteiger partial charge >= 0.3 is 5.97 Å². The van der Waals surface area contributed by atoms with Gasteiger partial charge in [0.1, 0.15) is 15.0 Å². The van der Waals surface area contributed by atoms with Gasteiger partial charge in [-0.15, -0.1) is 0 Å². The van der Waals surface area contributed by atoms with Gasteiger partial charge in [0.05, 0.1) is 13.4 Å². The molecule has 0 spiro atoms. The molecule has 2 aromatic heterocycles. The van der Waals surface area contributed by atoms with Gasteiger partial charge in [0.15, 0.2) is 40.4 Å². The molecule has 47 heavy (non-hydrogen) atoms. The zero-order valence-corrected chi connectivity index (χ0v) is 31.9. The van der Waals surface area contributed by atoms with Crippen LogP contribution in [0.2, 0.25) is 0 Å². The Morgan fingerprint density at radius 2 is 1.21 bits per heavy atom. The zero-order chi connectivity index (χ0) is 34.0. The highest BCUT2D eigenvalue weighted by molar-refractivity contribution is 9.11. The quantitative estimate of drug-likeness (QED) is 0.0794. The molecule has 0 saturated carbocycles. The molecule has 3 N–H and O–H groups in total. The lowest BCUT2D eigenvalue weighted by molar-refractivity contribution is -0.132. The second kappa shape index (κ2) is 14.7. The maximum atomic E-state index is 12.2. The second-order valence-corrected chi connectivity index (χ2v) is 13.9. The minimum atomic E-state index is -0.433. The van der Waals surface area contributed by atoms with E-state index >= 15 is 0 Å². The van der Waals surface area contributed by atoms with Crippen LogP contribution in [-0.2, 0) is 14.4 Å². The van der Waals surface area contributed by atoms with Crippen LogP contribution < -0.4 is 24.8 Å². The normalized spacial score (nSPS) is 14.9. The topological polar surface area (TPSA) is 149 Å². The van der Waals surface area contributed by atoms with E-state index in [4.69, 9.17) is 14.2 Å². The van der Waals surface area contributed by atoms with Crippen LogP contribution in [0.25, 0.3) is 12.2 Å². The molecule has 2 aliphatic rings. The summed E-state index contributed by atoms with van der Waals surface area (Å²) in [7, 11) is 0. The number of esters is 1. The van der Waals surface area contributed by atoms with Crippen molar-refractivity contribution in [2.24, 2.45) is 0 Å². The summed E-state index contributed by atoms with van der Waals surface area (Å²) in [5.74, 6) is 1.26. The van der Waals surface area contributed by atoms with E-state index in [-0.39, 0.29) is 23.2 Å². The summed E-state index contributed by atoms with van der Waals surface area (Å²) in [6.07, 6.45) is 3.19. The number of nitrogens with one attached hydrogen (secondary N) is 2. The molecule has 11 nitrogen and oxygen atoms in total. The molecule has 0 saturated heterocycles. The van der Waals surface area contributed by atoms with Crippen LogP contribution in [0.5, 0.6) is 23.0 Å². The molecule has 2 aromatic carbocycles. The first-order valence-electron chi connectivity index (χ1n) is 13.2. The average Bonchev–Trinajstić information content (AvgIpc) is 2.99. The van der Waals surface area contributed by atoms with E-state index in [0.29, 0.717) is 62.6 Å². The Morgan fingerprint density at radius 1 is 0.766 bits per heavy atom.